The predicted molar refractivity (Wildman–Crippen MR) is 75.0 cm³/mol. The Balaban J connectivity index is 2.30. The summed E-state index contributed by atoms with van der Waals surface area (Å²) in [6.07, 6.45) is 0. The summed E-state index contributed by atoms with van der Waals surface area (Å²) in [7, 11) is 1.56. The molecule has 2 N–H and O–H groups in total. The number of hydrogen-bond acceptors (Lipinski definition) is 2. The summed E-state index contributed by atoms with van der Waals surface area (Å²) in [6.45, 7) is 0. The Morgan fingerprint density at radius 2 is 1.84 bits per heavy atom. The van der Waals surface area contributed by atoms with Gasteiger partial charge in [-0.25, -0.2) is 4.39 Å². The van der Waals surface area contributed by atoms with Gasteiger partial charge in [-0.05, 0) is 42.5 Å². The molecule has 0 radical (unpaired) electrons. The normalized spacial score (nSPS) is 10.3. The highest BCUT2D eigenvalue weighted by molar-refractivity contribution is 6.31. The first-order chi connectivity index (χ1) is 8.97. The first-order valence-electron chi connectivity index (χ1n) is 5.57. The number of anilines is 2. The third-order valence-electron chi connectivity index (χ3n) is 2.70. The maximum absolute atomic E-state index is 13.3. The van der Waals surface area contributed by atoms with Crippen LogP contribution in [-0.4, -0.2) is 13.0 Å². The van der Waals surface area contributed by atoms with Crippen molar-refractivity contribution in [2.24, 2.45) is 0 Å². The van der Waals surface area contributed by atoms with Crippen LogP contribution in [0.15, 0.2) is 42.5 Å². The molecule has 2 rings (SSSR count). The second-order valence-corrected chi connectivity index (χ2v) is 4.55. The molecule has 0 aliphatic heterocycles. The SMILES string of the molecule is CN(C(=O)c1ccc(N)cc1)c1cc(F)cc(Cl)c1. The number of carbonyl (C=O) groups is 1. The molecule has 0 aromatic heterocycles. The third-order valence-corrected chi connectivity index (χ3v) is 2.92. The largest absolute Gasteiger partial charge is 0.399 e. The Hall–Kier alpha value is -2.07. The third kappa shape index (κ3) is 3.03. The molecule has 2 aromatic rings. The van der Waals surface area contributed by atoms with E-state index in [4.69, 9.17) is 17.3 Å². The highest BCUT2D eigenvalue weighted by Crippen LogP contribution is 2.22. The van der Waals surface area contributed by atoms with Crippen LogP contribution in [-0.2, 0) is 0 Å². The number of carbonyl (C=O) groups excluding carboxylic acids is 1. The molecule has 0 spiro atoms. The van der Waals surface area contributed by atoms with Crippen molar-refractivity contribution in [2.75, 3.05) is 17.7 Å². The van der Waals surface area contributed by atoms with Gasteiger partial charge in [-0.2, -0.15) is 0 Å². The monoisotopic (exact) mass is 278 g/mol. The minimum absolute atomic E-state index is 0.243. The molecule has 0 saturated carbocycles. The first kappa shape index (κ1) is 13.4. The van der Waals surface area contributed by atoms with Crippen molar-refractivity contribution in [1.82, 2.24) is 0 Å². The molecule has 0 aliphatic rings. The van der Waals surface area contributed by atoms with Gasteiger partial charge < -0.3 is 10.6 Å². The molecule has 19 heavy (non-hydrogen) atoms. The Morgan fingerprint density at radius 1 is 1.21 bits per heavy atom. The molecule has 0 aliphatic carbocycles. The molecule has 0 bridgehead atoms. The number of nitrogens with two attached hydrogens (primary N) is 1. The smallest absolute Gasteiger partial charge is 0.258 e. The predicted octanol–water partition coefficient (Wildman–Crippen LogP) is 3.34. The maximum Gasteiger partial charge on any atom is 0.258 e. The number of amides is 1. The van der Waals surface area contributed by atoms with Crippen LogP contribution >= 0.6 is 11.6 Å². The second kappa shape index (κ2) is 5.28. The van der Waals surface area contributed by atoms with Gasteiger partial charge in [0, 0.05) is 29.0 Å². The number of nitrogens with zero attached hydrogens (tertiary/aromatic N) is 1. The van der Waals surface area contributed by atoms with E-state index in [0.29, 0.717) is 16.9 Å². The number of benzene rings is 2. The summed E-state index contributed by atoms with van der Waals surface area (Å²) in [5, 5.41) is 0.243. The minimum Gasteiger partial charge on any atom is -0.399 e. The maximum atomic E-state index is 13.3. The molecule has 2 aromatic carbocycles. The fraction of sp³-hybridized carbons (Fsp3) is 0.0714. The van der Waals surface area contributed by atoms with Gasteiger partial charge in [-0.15, -0.1) is 0 Å². The lowest BCUT2D eigenvalue weighted by Crippen LogP contribution is -2.26. The summed E-state index contributed by atoms with van der Waals surface area (Å²) in [5.41, 5.74) is 7.00. The molecule has 0 atom stereocenters. The van der Waals surface area contributed by atoms with Gasteiger partial charge in [0.2, 0.25) is 0 Å². The van der Waals surface area contributed by atoms with E-state index in [2.05, 4.69) is 0 Å². The summed E-state index contributed by atoms with van der Waals surface area (Å²) in [5.74, 6) is -0.749. The molecule has 0 heterocycles. The van der Waals surface area contributed by atoms with Gasteiger partial charge in [0.25, 0.3) is 5.91 Å². The highest BCUT2D eigenvalue weighted by Gasteiger charge is 2.14. The molecule has 0 unspecified atom stereocenters. The lowest BCUT2D eigenvalue weighted by Gasteiger charge is -2.18. The van der Waals surface area contributed by atoms with Crippen molar-refractivity contribution >= 4 is 28.9 Å². The van der Waals surface area contributed by atoms with Crippen molar-refractivity contribution in [2.45, 2.75) is 0 Å². The molecule has 5 heteroatoms. The Morgan fingerprint density at radius 3 is 2.42 bits per heavy atom. The van der Waals surface area contributed by atoms with Crippen molar-refractivity contribution in [3.63, 3.8) is 0 Å². The van der Waals surface area contributed by atoms with Crippen LogP contribution in [0, 0.1) is 5.82 Å². The number of nitrogen functional groups attached to an aromatic ring is 1. The van der Waals surface area contributed by atoms with E-state index in [-0.39, 0.29) is 10.9 Å². The van der Waals surface area contributed by atoms with Gasteiger partial charge in [0.05, 0.1) is 0 Å². The fourth-order valence-electron chi connectivity index (χ4n) is 1.67. The Labute approximate surface area is 115 Å². The summed E-state index contributed by atoms with van der Waals surface area (Å²) < 4.78 is 13.3. The van der Waals surface area contributed by atoms with Gasteiger partial charge in [-0.3, -0.25) is 4.79 Å². The van der Waals surface area contributed by atoms with E-state index < -0.39 is 5.82 Å². The number of halogens is 2. The van der Waals surface area contributed by atoms with Crippen LogP contribution in [0.4, 0.5) is 15.8 Å². The van der Waals surface area contributed by atoms with Gasteiger partial charge in [0.1, 0.15) is 5.82 Å². The van der Waals surface area contributed by atoms with E-state index in [0.717, 1.165) is 0 Å². The van der Waals surface area contributed by atoms with Crippen molar-refractivity contribution in [3.05, 3.63) is 58.9 Å². The van der Waals surface area contributed by atoms with Gasteiger partial charge in [0.15, 0.2) is 0 Å². The average Bonchev–Trinajstić information content (AvgIpc) is 2.37. The minimum atomic E-state index is -0.487. The zero-order chi connectivity index (χ0) is 14.0. The molecule has 1 amide bonds. The molecule has 98 valence electrons. The zero-order valence-corrected chi connectivity index (χ0v) is 11.0. The lowest BCUT2D eigenvalue weighted by molar-refractivity contribution is 0.0993. The van der Waals surface area contributed by atoms with Crippen molar-refractivity contribution in [3.8, 4) is 0 Å². The van der Waals surface area contributed by atoms with Gasteiger partial charge in [-0.1, -0.05) is 11.6 Å². The molecule has 3 nitrogen and oxygen atoms in total. The van der Waals surface area contributed by atoms with E-state index in [1.54, 1.807) is 31.3 Å². The van der Waals surface area contributed by atoms with Crippen molar-refractivity contribution < 1.29 is 9.18 Å². The second-order valence-electron chi connectivity index (χ2n) is 4.11. The van der Waals surface area contributed by atoms with Crippen LogP contribution in [0.1, 0.15) is 10.4 Å². The zero-order valence-electron chi connectivity index (χ0n) is 10.2. The lowest BCUT2D eigenvalue weighted by atomic mass is 10.1. The summed E-state index contributed by atoms with van der Waals surface area (Å²) in [6, 6.07) is 10.5. The quantitative estimate of drug-likeness (QED) is 0.857. The van der Waals surface area contributed by atoms with E-state index in [1.165, 1.54) is 23.1 Å². The van der Waals surface area contributed by atoms with E-state index in [9.17, 15) is 9.18 Å². The number of hydrogen-bond donors (Lipinski definition) is 1. The molecular weight excluding hydrogens is 267 g/mol. The molecule has 0 saturated heterocycles. The standard InChI is InChI=1S/C14H12ClFN2O/c1-18(13-7-10(15)6-11(16)8-13)14(19)9-2-4-12(17)5-3-9/h2-8H,17H2,1H3. The van der Waals surface area contributed by atoms with E-state index >= 15 is 0 Å². The Bertz CT molecular complexity index is 593. The molecule has 0 fully saturated rings. The first-order valence-corrected chi connectivity index (χ1v) is 5.95. The summed E-state index contributed by atoms with van der Waals surface area (Å²) >= 11 is 5.77. The number of rotatable bonds is 2. The van der Waals surface area contributed by atoms with Crippen LogP contribution in [0.3, 0.4) is 0 Å². The van der Waals surface area contributed by atoms with Crippen LogP contribution in [0.25, 0.3) is 0 Å². The van der Waals surface area contributed by atoms with Crippen LogP contribution < -0.4 is 10.6 Å². The van der Waals surface area contributed by atoms with Crippen LogP contribution in [0.5, 0.6) is 0 Å². The fourth-order valence-corrected chi connectivity index (χ4v) is 1.89. The average molecular weight is 279 g/mol. The van der Waals surface area contributed by atoms with Crippen molar-refractivity contribution in [1.29, 1.82) is 0 Å². The highest BCUT2D eigenvalue weighted by atomic mass is 35.5. The molecular formula is C14H12ClFN2O. The van der Waals surface area contributed by atoms with Crippen LogP contribution in [0.2, 0.25) is 5.02 Å². The van der Waals surface area contributed by atoms with Gasteiger partial charge >= 0.3 is 0 Å². The topological polar surface area (TPSA) is 46.3 Å². The Kier molecular flexibility index (Phi) is 3.71. The summed E-state index contributed by atoms with van der Waals surface area (Å²) in [4.78, 5) is 13.5. The van der Waals surface area contributed by atoms with E-state index in [1.807, 2.05) is 0 Å².